The van der Waals surface area contributed by atoms with E-state index in [-0.39, 0.29) is 30.1 Å². The lowest BCUT2D eigenvalue weighted by Gasteiger charge is -2.24. The predicted octanol–water partition coefficient (Wildman–Crippen LogP) is 8.70. The third-order valence-electron chi connectivity index (χ3n) is 9.67. The zero-order chi connectivity index (χ0) is 42.0. The summed E-state index contributed by atoms with van der Waals surface area (Å²) in [5, 5.41) is 32.7. The Labute approximate surface area is 358 Å². The fourth-order valence-electron chi connectivity index (χ4n) is 6.78. The van der Waals surface area contributed by atoms with Crippen molar-refractivity contribution in [3.63, 3.8) is 0 Å². The smallest absolute Gasteiger partial charge is 0.410 e. The molecule has 0 radical (unpaired) electrons. The van der Waals surface area contributed by atoms with Gasteiger partial charge in [-0.25, -0.2) is 24.5 Å². The summed E-state index contributed by atoms with van der Waals surface area (Å²) in [7, 11) is 0. The zero-order valence-corrected chi connectivity index (χ0v) is 37.5. The Kier molecular flexibility index (Phi) is 16.3. The van der Waals surface area contributed by atoms with Crippen molar-refractivity contribution in [2.45, 2.75) is 97.2 Å². The average Bonchev–Trinajstić information content (AvgIpc) is 4.01. The number of aliphatic hydroxyl groups excluding tert-OH is 2. The van der Waals surface area contributed by atoms with Crippen LogP contribution >= 0.6 is 45.6 Å². The molecule has 3 aliphatic rings. The van der Waals surface area contributed by atoms with E-state index in [1.165, 1.54) is 22.7 Å². The fraction of sp³-hybridized carbons (Fsp3) is 0.585. The third kappa shape index (κ3) is 13.6. The van der Waals surface area contributed by atoms with Crippen LogP contribution in [0.15, 0.2) is 52.9 Å². The van der Waals surface area contributed by atoms with Crippen LogP contribution in [0.4, 0.5) is 9.59 Å². The van der Waals surface area contributed by atoms with Gasteiger partial charge in [0, 0.05) is 90.2 Å². The van der Waals surface area contributed by atoms with Crippen molar-refractivity contribution < 1.29 is 34.0 Å². The summed E-state index contributed by atoms with van der Waals surface area (Å²) in [6, 6.07) is 5.75. The van der Waals surface area contributed by atoms with Crippen molar-refractivity contribution in [1.29, 1.82) is 0 Å². The maximum Gasteiger partial charge on any atom is 0.410 e. The second kappa shape index (κ2) is 20.7. The van der Waals surface area contributed by atoms with Crippen LogP contribution in [0.25, 0.3) is 0 Å². The number of benzene rings is 1. The molecule has 7 rings (SSSR count). The number of aryl methyl sites for hydroxylation is 1. The maximum absolute atomic E-state index is 11.9. The Morgan fingerprint density at radius 2 is 1.26 bits per heavy atom. The van der Waals surface area contributed by atoms with Gasteiger partial charge in [-0.05, 0) is 98.0 Å². The zero-order valence-electron chi connectivity index (χ0n) is 34.3. The number of hydrogen-bond donors (Lipinski definition) is 3. The molecule has 3 saturated heterocycles. The van der Waals surface area contributed by atoms with Crippen molar-refractivity contribution in [2.24, 2.45) is 17.8 Å². The van der Waals surface area contributed by atoms with Crippen LogP contribution in [0, 0.1) is 24.7 Å². The van der Waals surface area contributed by atoms with E-state index in [9.17, 15) is 19.8 Å². The quantitative estimate of drug-likeness (QED) is 0.155. The summed E-state index contributed by atoms with van der Waals surface area (Å²) >= 11 is 10.5. The number of nitrogens with zero attached hydrogens (tertiary/aromatic N) is 5. The molecule has 3 N–H and O–H groups in total. The molecule has 2 amide bonds. The highest BCUT2D eigenvalue weighted by Crippen LogP contribution is 2.36. The van der Waals surface area contributed by atoms with Gasteiger partial charge >= 0.3 is 12.2 Å². The molecule has 3 aromatic heterocycles. The Hall–Kier alpha value is -3.38. The van der Waals surface area contributed by atoms with Gasteiger partial charge in [-0.1, -0.05) is 11.6 Å². The minimum atomic E-state index is -0.590. The Bertz CT molecular complexity index is 1770. The van der Waals surface area contributed by atoms with Crippen molar-refractivity contribution in [3.05, 3.63) is 78.5 Å². The van der Waals surface area contributed by atoms with Crippen LogP contribution in [0.3, 0.4) is 0 Å². The number of aliphatic hydroxyl groups is 2. The first-order valence-corrected chi connectivity index (χ1v) is 22.6. The second-order valence-corrected chi connectivity index (χ2v) is 19.9. The summed E-state index contributed by atoms with van der Waals surface area (Å²) in [5.41, 5.74) is 0.0941. The average molecular weight is 878 g/mol. The number of amides is 2. The lowest BCUT2D eigenvalue weighted by atomic mass is 10.0. The van der Waals surface area contributed by atoms with Gasteiger partial charge in [-0.3, -0.25) is 0 Å². The predicted molar refractivity (Wildman–Crippen MR) is 229 cm³/mol. The van der Waals surface area contributed by atoms with Crippen LogP contribution in [0.1, 0.15) is 99.7 Å². The van der Waals surface area contributed by atoms with Gasteiger partial charge in [0.05, 0.1) is 0 Å². The van der Waals surface area contributed by atoms with E-state index < -0.39 is 23.4 Å². The van der Waals surface area contributed by atoms with Crippen molar-refractivity contribution >= 4 is 57.8 Å². The fourth-order valence-corrected chi connectivity index (χ4v) is 9.19. The SMILES string of the molecule is CC(C)(C)OC(=O)N1CC[C@H]([C@@H](O)c2nccs2)C1.CC(C)(C)OC(=O)N1CC[C@H]([C@H](O)c2nccs2)C1.Cc1cc(Cl)ccc1OC(c1nccs1)[C@H]1CCNC1. The number of halogens is 1. The standard InChI is InChI=1S/C15H17ClN2OS.2C13H20N2O3S/c1-10-8-12(16)2-3-13(10)19-14(11-4-5-17-9-11)15-18-6-7-20-15;2*1-13(2,3)18-12(17)15-6-4-9(8-15)10(16)11-14-5-7-19-11/h2-3,6-8,11,14,17H,4-5,9H2,1H3;2*5,7,9-10,16H,4,6,8H2,1-3H3/t11-,14?;9-,10+;9-,10-/m000/s1. The van der Waals surface area contributed by atoms with Crippen LogP contribution in [0.5, 0.6) is 5.75 Å². The van der Waals surface area contributed by atoms with Gasteiger partial charge in [0.2, 0.25) is 0 Å². The molecular formula is C41H57ClN6O7S3. The molecule has 58 heavy (non-hydrogen) atoms. The summed E-state index contributed by atoms with van der Waals surface area (Å²) < 4.78 is 16.9. The molecule has 13 nitrogen and oxygen atoms in total. The Balaban J connectivity index is 0.000000166. The molecule has 1 aromatic carbocycles. The number of likely N-dealkylation sites (tertiary alicyclic amines) is 2. The number of hydrogen-bond acceptors (Lipinski definition) is 14. The molecule has 0 spiro atoms. The maximum atomic E-state index is 11.9. The van der Waals surface area contributed by atoms with E-state index in [1.807, 2.05) is 89.0 Å². The highest BCUT2D eigenvalue weighted by Gasteiger charge is 2.36. The van der Waals surface area contributed by atoms with E-state index in [0.717, 1.165) is 63.7 Å². The third-order valence-corrected chi connectivity index (χ3v) is 12.4. The first kappa shape index (κ1) is 45.7. The summed E-state index contributed by atoms with van der Waals surface area (Å²) in [5.74, 6) is 1.44. The molecule has 1 unspecified atom stereocenters. The second-order valence-electron chi connectivity index (χ2n) is 16.7. The van der Waals surface area contributed by atoms with Gasteiger partial charge in [0.15, 0.2) is 6.10 Å². The molecule has 0 aliphatic carbocycles. The van der Waals surface area contributed by atoms with Crippen LogP contribution in [-0.2, 0) is 9.47 Å². The Morgan fingerprint density at radius 3 is 1.66 bits per heavy atom. The van der Waals surface area contributed by atoms with E-state index in [4.69, 9.17) is 25.8 Å². The summed E-state index contributed by atoms with van der Waals surface area (Å²) in [4.78, 5) is 39.9. The van der Waals surface area contributed by atoms with Crippen molar-refractivity contribution in [3.8, 4) is 5.75 Å². The number of carbonyl (C=O) groups is 2. The van der Waals surface area contributed by atoms with Crippen LogP contribution in [-0.4, -0.2) is 97.6 Å². The van der Waals surface area contributed by atoms with Crippen molar-refractivity contribution in [2.75, 3.05) is 39.3 Å². The molecule has 318 valence electrons. The first-order valence-electron chi connectivity index (χ1n) is 19.6. The number of rotatable bonds is 8. The molecule has 0 saturated carbocycles. The number of nitrogens with one attached hydrogen (secondary N) is 1. The monoisotopic (exact) mass is 876 g/mol. The number of thiazole rings is 3. The molecule has 3 fully saturated rings. The first-order chi connectivity index (χ1) is 27.5. The highest BCUT2D eigenvalue weighted by atomic mass is 35.5. The number of ether oxygens (including phenoxy) is 3. The van der Waals surface area contributed by atoms with Gasteiger partial charge in [-0.2, -0.15) is 0 Å². The van der Waals surface area contributed by atoms with E-state index in [2.05, 4.69) is 20.3 Å². The van der Waals surface area contributed by atoms with Gasteiger partial charge < -0.3 is 39.5 Å². The molecule has 6 atom stereocenters. The molecule has 6 heterocycles. The van der Waals surface area contributed by atoms with E-state index in [1.54, 1.807) is 33.5 Å². The highest BCUT2D eigenvalue weighted by molar-refractivity contribution is 7.10. The molecule has 17 heteroatoms. The molecular weight excluding hydrogens is 820 g/mol. The van der Waals surface area contributed by atoms with Crippen molar-refractivity contribution in [1.82, 2.24) is 30.1 Å². The van der Waals surface area contributed by atoms with Crippen LogP contribution in [0.2, 0.25) is 5.02 Å². The minimum Gasteiger partial charge on any atom is -0.483 e. The Morgan fingerprint density at radius 1 is 0.776 bits per heavy atom. The molecule has 0 bridgehead atoms. The lowest BCUT2D eigenvalue weighted by molar-refractivity contribution is 0.0256. The molecule has 4 aromatic rings. The topological polar surface area (TPSA) is 159 Å². The van der Waals surface area contributed by atoms with E-state index >= 15 is 0 Å². The lowest BCUT2D eigenvalue weighted by Crippen LogP contribution is -2.35. The van der Waals surface area contributed by atoms with Gasteiger partial charge in [0.25, 0.3) is 0 Å². The van der Waals surface area contributed by atoms with E-state index in [0.29, 0.717) is 32.1 Å². The normalized spacial score (nSPS) is 21.0. The summed E-state index contributed by atoms with van der Waals surface area (Å²) in [6.45, 7) is 17.5. The molecule has 3 aliphatic heterocycles. The van der Waals surface area contributed by atoms with Crippen LogP contribution < -0.4 is 10.1 Å². The number of aromatic nitrogens is 3. The van der Waals surface area contributed by atoms with Gasteiger partial charge in [0.1, 0.15) is 44.2 Å². The largest absolute Gasteiger partial charge is 0.483 e. The minimum absolute atomic E-state index is 0.0184. The number of carbonyl (C=O) groups excluding carboxylic acids is 2. The van der Waals surface area contributed by atoms with Gasteiger partial charge in [-0.15, -0.1) is 34.0 Å². The summed E-state index contributed by atoms with van der Waals surface area (Å²) in [6.07, 6.45) is 6.12.